The fourth-order valence-corrected chi connectivity index (χ4v) is 5.57. The summed E-state index contributed by atoms with van der Waals surface area (Å²) in [6.45, 7) is 10.7. The van der Waals surface area contributed by atoms with Gasteiger partial charge in [0.05, 0.1) is 36.9 Å². The van der Waals surface area contributed by atoms with Gasteiger partial charge in [-0.2, -0.15) is 0 Å². The Balaban J connectivity index is 1.75. The first-order chi connectivity index (χ1) is 19.0. The van der Waals surface area contributed by atoms with Crippen LogP contribution < -0.4 is 10.6 Å². The van der Waals surface area contributed by atoms with Crippen LogP contribution in [-0.4, -0.2) is 79.0 Å². The standard InChI is InChI=1S/C31H56N2O7/c1-21(19-23(3)25(5)34)11-12-26-9-7-15-31(39-26)16-13-22(2)28(40-31)10-8-17-32-30(37)24(4)27(35)20-33-29(36)14-18-38-6/h19,21-22,24-28,34-35H,7-18,20H2,1-6H3,(H,32,37)(H,33,36)/b23-19+/t21-,22-,24-,25-,26-,27-,28+,31-/m0/s1. The van der Waals surface area contributed by atoms with Crippen molar-refractivity contribution in [2.45, 2.75) is 129 Å². The molecule has 2 aliphatic heterocycles. The predicted molar refractivity (Wildman–Crippen MR) is 155 cm³/mol. The van der Waals surface area contributed by atoms with Crippen molar-refractivity contribution in [1.29, 1.82) is 0 Å². The first-order valence-electron chi connectivity index (χ1n) is 15.4. The average Bonchev–Trinajstić information content (AvgIpc) is 2.93. The zero-order chi connectivity index (χ0) is 29.7. The van der Waals surface area contributed by atoms with E-state index in [0.29, 0.717) is 25.0 Å². The summed E-state index contributed by atoms with van der Waals surface area (Å²) in [6, 6.07) is 0. The smallest absolute Gasteiger partial charge is 0.225 e. The van der Waals surface area contributed by atoms with Crippen molar-refractivity contribution in [3.63, 3.8) is 0 Å². The largest absolute Gasteiger partial charge is 0.390 e. The lowest BCUT2D eigenvalue weighted by Crippen LogP contribution is -2.50. The average molecular weight is 569 g/mol. The molecule has 0 saturated carbocycles. The van der Waals surface area contributed by atoms with Crippen LogP contribution in [0.4, 0.5) is 0 Å². The fourth-order valence-electron chi connectivity index (χ4n) is 5.57. The lowest BCUT2D eigenvalue weighted by molar-refractivity contribution is -0.324. The first kappa shape index (κ1) is 34.7. The minimum atomic E-state index is -0.953. The quantitative estimate of drug-likeness (QED) is 0.165. The minimum Gasteiger partial charge on any atom is -0.390 e. The van der Waals surface area contributed by atoms with Gasteiger partial charge in [-0.15, -0.1) is 0 Å². The Morgan fingerprint density at radius 2 is 1.85 bits per heavy atom. The van der Waals surface area contributed by atoms with E-state index in [1.54, 1.807) is 13.8 Å². The van der Waals surface area contributed by atoms with Gasteiger partial charge < -0.3 is 35.1 Å². The number of hydrogen-bond acceptors (Lipinski definition) is 7. The van der Waals surface area contributed by atoms with Crippen molar-refractivity contribution in [2.24, 2.45) is 17.8 Å². The van der Waals surface area contributed by atoms with E-state index < -0.39 is 23.9 Å². The van der Waals surface area contributed by atoms with E-state index in [9.17, 15) is 19.8 Å². The van der Waals surface area contributed by atoms with Gasteiger partial charge in [-0.05, 0) is 76.2 Å². The molecule has 0 aromatic rings. The highest BCUT2D eigenvalue weighted by atomic mass is 16.7. The summed E-state index contributed by atoms with van der Waals surface area (Å²) < 4.78 is 18.2. The molecule has 2 fully saturated rings. The second-order valence-electron chi connectivity index (χ2n) is 12.2. The highest BCUT2D eigenvalue weighted by molar-refractivity contribution is 5.79. The number of methoxy groups -OCH3 is 1. The fraction of sp³-hybridized carbons (Fsp3) is 0.871. The number of hydrogen-bond donors (Lipinski definition) is 4. The second-order valence-corrected chi connectivity index (χ2v) is 12.2. The van der Waals surface area contributed by atoms with Crippen molar-refractivity contribution in [2.75, 3.05) is 26.8 Å². The Kier molecular flexibility index (Phi) is 15.1. The molecule has 232 valence electrons. The molecule has 8 atom stereocenters. The number of aliphatic hydroxyl groups is 2. The topological polar surface area (TPSA) is 126 Å². The van der Waals surface area contributed by atoms with Crippen molar-refractivity contribution in [1.82, 2.24) is 10.6 Å². The molecule has 2 aliphatic rings. The van der Waals surface area contributed by atoms with E-state index in [2.05, 4.69) is 30.6 Å². The molecule has 0 aromatic heterocycles. The molecule has 0 aliphatic carbocycles. The third-order valence-electron chi connectivity index (χ3n) is 8.59. The molecule has 0 aromatic carbocycles. The highest BCUT2D eigenvalue weighted by Gasteiger charge is 2.44. The van der Waals surface area contributed by atoms with Gasteiger partial charge in [-0.1, -0.05) is 26.8 Å². The molecular weight excluding hydrogens is 512 g/mol. The molecule has 2 saturated heterocycles. The monoisotopic (exact) mass is 568 g/mol. The Labute approximate surface area is 241 Å². The zero-order valence-corrected chi connectivity index (χ0v) is 25.7. The number of carbonyl (C=O) groups excluding carboxylic acids is 2. The van der Waals surface area contributed by atoms with E-state index in [0.717, 1.165) is 63.4 Å². The predicted octanol–water partition coefficient (Wildman–Crippen LogP) is 3.86. The summed E-state index contributed by atoms with van der Waals surface area (Å²) in [4.78, 5) is 24.2. The normalized spacial score (nSPS) is 28.5. The van der Waals surface area contributed by atoms with Gasteiger partial charge in [0, 0.05) is 39.5 Å². The van der Waals surface area contributed by atoms with Crippen molar-refractivity contribution >= 4 is 11.8 Å². The number of ether oxygens (including phenoxy) is 3. The maximum atomic E-state index is 12.5. The van der Waals surface area contributed by atoms with Gasteiger partial charge in [0.2, 0.25) is 11.8 Å². The summed E-state index contributed by atoms with van der Waals surface area (Å²) in [5.74, 6) is -0.729. The highest BCUT2D eigenvalue weighted by Crippen LogP contribution is 2.43. The molecule has 9 heteroatoms. The van der Waals surface area contributed by atoms with E-state index in [1.165, 1.54) is 7.11 Å². The van der Waals surface area contributed by atoms with Crippen LogP contribution in [0.2, 0.25) is 0 Å². The number of nitrogens with one attached hydrogen (secondary N) is 2. The van der Waals surface area contributed by atoms with Crippen molar-refractivity contribution in [3.8, 4) is 0 Å². The molecule has 4 N–H and O–H groups in total. The first-order valence-corrected chi connectivity index (χ1v) is 15.4. The molecule has 40 heavy (non-hydrogen) atoms. The maximum absolute atomic E-state index is 12.5. The van der Waals surface area contributed by atoms with Crippen molar-refractivity contribution < 1.29 is 34.0 Å². The van der Waals surface area contributed by atoms with Crippen LogP contribution in [0.1, 0.15) is 98.8 Å². The number of rotatable bonds is 16. The Morgan fingerprint density at radius 1 is 1.10 bits per heavy atom. The molecular formula is C31H56N2O7. The van der Waals surface area contributed by atoms with E-state index in [-0.39, 0.29) is 37.0 Å². The van der Waals surface area contributed by atoms with Gasteiger partial charge in [0.25, 0.3) is 0 Å². The molecule has 1 spiro atoms. The van der Waals surface area contributed by atoms with E-state index in [4.69, 9.17) is 14.2 Å². The van der Waals surface area contributed by atoms with Gasteiger partial charge in [0.1, 0.15) is 0 Å². The molecule has 0 bridgehead atoms. The summed E-state index contributed by atoms with van der Waals surface area (Å²) in [7, 11) is 1.53. The second kappa shape index (κ2) is 17.4. The Hall–Kier alpha value is -1.52. The Morgan fingerprint density at radius 3 is 2.55 bits per heavy atom. The summed E-state index contributed by atoms with van der Waals surface area (Å²) in [5, 5.41) is 25.6. The SMILES string of the molecule is COCCC(=O)NC[C@H](O)[C@H](C)C(=O)NCCC[C@H]1O[C@@]2(CCC[C@@H](CC[C@H](C)/C=C(\C)[C@H](C)O)O2)CC[C@@H]1C. The molecule has 2 amide bonds. The zero-order valence-electron chi connectivity index (χ0n) is 25.7. The van der Waals surface area contributed by atoms with Crippen molar-refractivity contribution in [3.05, 3.63) is 11.6 Å². The van der Waals surface area contributed by atoms with Crippen LogP contribution >= 0.6 is 0 Å². The van der Waals surface area contributed by atoms with Gasteiger partial charge in [0.15, 0.2) is 5.79 Å². The van der Waals surface area contributed by atoms with Crippen LogP contribution in [0, 0.1) is 17.8 Å². The van der Waals surface area contributed by atoms with Gasteiger partial charge in [-0.3, -0.25) is 9.59 Å². The lowest BCUT2D eigenvalue weighted by atomic mass is 9.85. The molecule has 0 radical (unpaired) electrons. The third kappa shape index (κ3) is 11.8. The van der Waals surface area contributed by atoms with Gasteiger partial charge in [-0.25, -0.2) is 0 Å². The third-order valence-corrected chi connectivity index (χ3v) is 8.59. The lowest BCUT2D eigenvalue weighted by Gasteiger charge is -2.48. The van der Waals surface area contributed by atoms with Crippen LogP contribution in [0.5, 0.6) is 0 Å². The Bertz CT molecular complexity index is 805. The van der Waals surface area contributed by atoms with Crippen LogP contribution in [-0.2, 0) is 23.8 Å². The van der Waals surface area contributed by atoms with Crippen LogP contribution in [0.25, 0.3) is 0 Å². The summed E-state index contributed by atoms with van der Waals surface area (Å²) in [6.07, 6.45) is 10.0. The summed E-state index contributed by atoms with van der Waals surface area (Å²) in [5.41, 5.74) is 1.02. The number of amides is 2. The number of aliphatic hydroxyl groups excluding tert-OH is 2. The molecule has 0 unspecified atom stereocenters. The van der Waals surface area contributed by atoms with Crippen LogP contribution in [0.15, 0.2) is 11.6 Å². The molecule has 9 nitrogen and oxygen atoms in total. The number of carbonyl (C=O) groups is 2. The van der Waals surface area contributed by atoms with E-state index in [1.807, 2.05) is 6.92 Å². The minimum absolute atomic E-state index is 0.0325. The van der Waals surface area contributed by atoms with Gasteiger partial charge >= 0.3 is 0 Å². The molecule has 2 rings (SSSR count). The summed E-state index contributed by atoms with van der Waals surface area (Å²) >= 11 is 0. The maximum Gasteiger partial charge on any atom is 0.225 e. The number of allylic oxidation sites excluding steroid dienone is 1. The molecule has 2 heterocycles. The van der Waals surface area contributed by atoms with E-state index >= 15 is 0 Å². The van der Waals surface area contributed by atoms with Crippen LogP contribution in [0.3, 0.4) is 0 Å².